The Balaban J connectivity index is 1.77. The number of hydrogen-bond donors (Lipinski definition) is 3. The number of nitrogens with zero attached hydrogens (tertiary/aromatic N) is 1. The average molecular weight is 337 g/mol. The van der Waals surface area contributed by atoms with Crippen molar-refractivity contribution in [3.05, 3.63) is 53.3 Å². The lowest BCUT2D eigenvalue weighted by molar-refractivity contribution is -0.110. The molecule has 0 spiro atoms. The van der Waals surface area contributed by atoms with Crippen molar-refractivity contribution in [3.63, 3.8) is 0 Å². The van der Waals surface area contributed by atoms with Crippen LogP contribution in [0.2, 0.25) is 0 Å². The van der Waals surface area contributed by atoms with E-state index in [1.165, 1.54) is 17.8 Å². The van der Waals surface area contributed by atoms with Crippen LogP contribution in [0, 0.1) is 0 Å². The summed E-state index contributed by atoms with van der Waals surface area (Å²) in [4.78, 5) is 23.5. The minimum Gasteiger partial charge on any atom is -0.478 e. The maximum Gasteiger partial charge on any atom is 0.337 e. The van der Waals surface area contributed by atoms with E-state index in [4.69, 9.17) is 5.11 Å². The van der Waals surface area contributed by atoms with Crippen LogP contribution < -0.4 is 10.6 Å². The van der Waals surface area contributed by atoms with Gasteiger partial charge in [-0.05, 0) is 49.5 Å². The van der Waals surface area contributed by atoms with Gasteiger partial charge in [0.15, 0.2) is 0 Å². The van der Waals surface area contributed by atoms with E-state index >= 15 is 0 Å². The summed E-state index contributed by atoms with van der Waals surface area (Å²) >= 11 is 0. The molecule has 6 nitrogen and oxygen atoms in total. The molecule has 2 aliphatic heterocycles. The second-order valence-corrected chi connectivity index (χ2v) is 6.44. The number of carbonyl (C=O) groups is 2. The van der Waals surface area contributed by atoms with Gasteiger partial charge in [-0.25, -0.2) is 4.79 Å². The van der Waals surface area contributed by atoms with Crippen molar-refractivity contribution in [1.29, 1.82) is 0 Å². The van der Waals surface area contributed by atoms with Crippen LogP contribution in [-0.2, 0) is 4.79 Å². The Morgan fingerprint density at radius 2 is 2.04 bits per heavy atom. The van der Waals surface area contributed by atoms with Crippen LogP contribution in [0.1, 0.15) is 40.2 Å². The summed E-state index contributed by atoms with van der Waals surface area (Å²) in [6.45, 7) is 1.96. The minimum absolute atomic E-state index is 0.151. The van der Waals surface area contributed by atoms with E-state index < -0.39 is 5.97 Å². The van der Waals surface area contributed by atoms with Gasteiger partial charge in [-0.15, -0.1) is 0 Å². The van der Waals surface area contributed by atoms with Crippen molar-refractivity contribution >= 4 is 29.3 Å². The molecular weight excluding hydrogens is 318 g/mol. The summed E-state index contributed by atoms with van der Waals surface area (Å²) in [5, 5.41) is 15.4. The minimum atomic E-state index is -0.983. The molecule has 1 aromatic heterocycles. The van der Waals surface area contributed by atoms with E-state index in [1.807, 2.05) is 12.1 Å². The summed E-state index contributed by atoms with van der Waals surface area (Å²) in [7, 11) is 0. The Morgan fingerprint density at radius 3 is 2.76 bits per heavy atom. The van der Waals surface area contributed by atoms with Gasteiger partial charge < -0.3 is 20.3 Å². The lowest BCUT2D eigenvalue weighted by Gasteiger charge is -2.25. The van der Waals surface area contributed by atoms with Crippen LogP contribution >= 0.6 is 0 Å². The zero-order valence-electron chi connectivity index (χ0n) is 13.7. The lowest BCUT2D eigenvalue weighted by Crippen LogP contribution is -2.27. The molecule has 2 aliphatic rings. The Kier molecular flexibility index (Phi) is 3.89. The van der Waals surface area contributed by atoms with Gasteiger partial charge >= 0.3 is 5.97 Å². The number of aromatic carboxylic acids is 1. The van der Waals surface area contributed by atoms with Gasteiger partial charge in [-0.3, -0.25) is 4.79 Å². The zero-order chi connectivity index (χ0) is 17.4. The normalized spacial score (nSPS) is 19.0. The first-order chi connectivity index (χ1) is 12.1. The third-order valence-corrected chi connectivity index (χ3v) is 4.88. The molecule has 0 saturated carbocycles. The van der Waals surface area contributed by atoms with Gasteiger partial charge in [0, 0.05) is 29.8 Å². The molecule has 1 amide bonds. The van der Waals surface area contributed by atoms with Crippen molar-refractivity contribution in [2.24, 2.45) is 0 Å². The Labute approximate surface area is 145 Å². The summed E-state index contributed by atoms with van der Waals surface area (Å²) < 4.78 is 1.63. The first kappa shape index (κ1) is 15.7. The van der Waals surface area contributed by atoms with Crippen LogP contribution in [0.15, 0.2) is 36.7 Å². The SMILES string of the molecule is O=C1Nc2cccc(C3CCNCC3)c2C1=Cn1ccc(C(=O)O)c1. The van der Waals surface area contributed by atoms with Crippen molar-refractivity contribution in [2.75, 3.05) is 18.4 Å². The molecule has 25 heavy (non-hydrogen) atoms. The summed E-state index contributed by atoms with van der Waals surface area (Å²) in [6.07, 6.45) is 6.95. The number of piperidine rings is 1. The zero-order valence-corrected chi connectivity index (χ0v) is 13.7. The number of rotatable bonds is 3. The fourth-order valence-electron chi connectivity index (χ4n) is 3.64. The second kappa shape index (κ2) is 6.22. The average Bonchev–Trinajstić information content (AvgIpc) is 3.21. The van der Waals surface area contributed by atoms with E-state index in [1.54, 1.807) is 17.0 Å². The van der Waals surface area contributed by atoms with Gasteiger partial charge in [0.1, 0.15) is 0 Å². The predicted molar refractivity (Wildman–Crippen MR) is 95.5 cm³/mol. The fraction of sp³-hybridized carbons (Fsp3) is 0.263. The highest BCUT2D eigenvalue weighted by molar-refractivity contribution is 6.34. The van der Waals surface area contributed by atoms with Crippen LogP contribution in [0.25, 0.3) is 11.8 Å². The van der Waals surface area contributed by atoms with Gasteiger partial charge in [0.2, 0.25) is 0 Å². The smallest absolute Gasteiger partial charge is 0.337 e. The van der Waals surface area contributed by atoms with Crippen molar-refractivity contribution in [1.82, 2.24) is 9.88 Å². The highest BCUT2D eigenvalue weighted by Gasteiger charge is 2.30. The number of carboxylic acid groups (broad SMARTS) is 1. The van der Waals surface area contributed by atoms with E-state index in [2.05, 4.69) is 16.7 Å². The molecule has 4 rings (SSSR count). The number of fused-ring (bicyclic) bond motifs is 1. The molecule has 1 fully saturated rings. The highest BCUT2D eigenvalue weighted by Crippen LogP contribution is 2.40. The molecule has 0 bridgehead atoms. The number of carboxylic acids is 1. The predicted octanol–water partition coefficient (Wildman–Crippen LogP) is 2.60. The lowest BCUT2D eigenvalue weighted by atomic mass is 9.85. The molecule has 128 valence electrons. The van der Waals surface area contributed by atoms with Crippen molar-refractivity contribution in [3.8, 4) is 0 Å². The third kappa shape index (κ3) is 2.85. The fourth-order valence-corrected chi connectivity index (χ4v) is 3.64. The first-order valence-corrected chi connectivity index (χ1v) is 8.41. The number of benzene rings is 1. The van der Waals surface area contributed by atoms with E-state index in [-0.39, 0.29) is 11.5 Å². The number of carbonyl (C=O) groups excluding carboxylic acids is 1. The largest absolute Gasteiger partial charge is 0.478 e. The molecule has 6 heteroatoms. The Morgan fingerprint density at radius 1 is 1.24 bits per heavy atom. The number of aromatic nitrogens is 1. The Hall–Kier alpha value is -2.86. The molecule has 0 unspecified atom stereocenters. The van der Waals surface area contributed by atoms with Gasteiger partial charge in [-0.2, -0.15) is 0 Å². The molecule has 0 radical (unpaired) electrons. The molecule has 0 atom stereocenters. The number of amides is 1. The molecule has 1 aromatic carbocycles. The highest BCUT2D eigenvalue weighted by atomic mass is 16.4. The van der Waals surface area contributed by atoms with E-state index in [0.29, 0.717) is 11.5 Å². The monoisotopic (exact) mass is 337 g/mol. The van der Waals surface area contributed by atoms with E-state index in [0.717, 1.165) is 37.2 Å². The molecule has 0 aliphatic carbocycles. The van der Waals surface area contributed by atoms with Crippen molar-refractivity contribution in [2.45, 2.75) is 18.8 Å². The quantitative estimate of drug-likeness (QED) is 0.752. The van der Waals surface area contributed by atoms with Crippen LogP contribution in [0.4, 0.5) is 5.69 Å². The molecular formula is C19H19N3O3. The summed E-state index contributed by atoms with van der Waals surface area (Å²) in [5.74, 6) is -0.711. The first-order valence-electron chi connectivity index (χ1n) is 8.41. The second-order valence-electron chi connectivity index (χ2n) is 6.44. The van der Waals surface area contributed by atoms with Crippen LogP contribution in [-0.4, -0.2) is 34.6 Å². The molecule has 2 aromatic rings. The Bertz CT molecular complexity index is 876. The number of anilines is 1. The van der Waals surface area contributed by atoms with Crippen LogP contribution in [0.5, 0.6) is 0 Å². The molecule has 3 heterocycles. The third-order valence-electron chi connectivity index (χ3n) is 4.88. The van der Waals surface area contributed by atoms with Gasteiger partial charge in [0.05, 0.1) is 11.1 Å². The van der Waals surface area contributed by atoms with Crippen molar-refractivity contribution < 1.29 is 14.7 Å². The molecule has 3 N–H and O–H groups in total. The van der Waals surface area contributed by atoms with Gasteiger partial charge in [-0.1, -0.05) is 12.1 Å². The number of hydrogen-bond acceptors (Lipinski definition) is 3. The maximum absolute atomic E-state index is 12.5. The summed E-state index contributed by atoms with van der Waals surface area (Å²) in [6, 6.07) is 7.52. The van der Waals surface area contributed by atoms with E-state index in [9.17, 15) is 9.59 Å². The van der Waals surface area contributed by atoms with Gasteiger partial charge in [0.25, 0.3) is 5.91 Å². The standard InChI is InChI=1S/C19H19N3O3/c23-18-15(11-22-9-6-13(10-22)19(24)25)17-14(2-1-3-16(17)21-18)12-4-7-20-8-5-12/h1-3,6,9-12,20H,4-5,7-8H2,(H,21,23)(H,24,25). The topological polar surface area (TPSA) is 83.4 Å². The van der Waals surface area contributed by atoms with Crippen LogP contribution in [0.3, 0.4) is 0 Å². The summed E-state index contributed by atoms with van der Waals surface area (Å²) in [5.41, 5.74) is 3.75. The molecule has 1 saturated heterocycles. The number of nitrogens with one attached hydrogen (secondary N) is 2. The maximum atomic E-state index is 12.5.